The summed E-state index contributed by atoms with van der Waals surface area (Å²) in [4.78, 5) is 28.2. The molecule has 0 aliphatic heterocycles. The number of nitrogens with zero attached hydrogens (tertiary/aromatic N) is 4. The van der Waals surface area contributed by atoms with Gasteiger partial charge in [0, 0.05) is 31.0 Å². The van der Waals surface area contributed by atoms with Crippen LogP contribution in [0.3, 0.4) is 0 Å². The molecule has 2 aromatic heterocycles. The van der Waals surface area contributed by atoms with Crippen LogP contribution >= 0.6 is 11.8 Å². The summed E-state index contributed by atoms with van der Waals surface area (Å²) in [5.41, 5.74) is 4.20. The smallest absolute Gasteiger partial charge is 0.217 e. The number of carbonyl (C=O) groups excluding carboxylic acids is 2. The van der Waals surface area contributed by atoms with Gasteiger partial charge in [-0.1, -0.05) is 54.2 Å². The zero-order valence-electron chi connectivity index (χ0n) is 16.8. The van der Waals surface area contributed by atoms with E-state index in [4.69, 9.17) is 0 Å². The molecule has 0 atom stereocenters. The van der Waals surface area contributed by atoms with Crippen molar-refractivity contribution in [3.8, 4) is 0 Å². The van der Waals surface area contributed by atoms with Crippen molar-refractivity contribution in [2.24, 2.45) is 0 Å². The van der Waals surface area contributed by atoms with Gasteiger partial charge in [-0.3, -0.25) is 9.59 Å². The van der Waals surface area contributed by atoms with Crippen molar-refractivity contribution >= 4 is 45.5 Å². The third-order valence-corrected chi connectivity index (χ3v) is 5.66. The second-order valence-corrected chi connectivity index (χ2v) is 7.79. The van der Waals surface area contributed by atoms with Gasteiger partial charge in [0.1, 0.15) is 5.52 Å². The molecular formula is C22H21N5O2S. The number of hydrogen-bond acceptors (Lipinski definition) is 6. The lowest BCUT2D eigenvalue weighted by Gasteiger charge is -2.05. The maximum Gasteiger partial charge on any atom is 0.217 e. The molecule has 0 radical (unpaired) electrons. The van der Waals surface area contributed by atoms with E-state index < -0.39 is 0 Å². The first kappa shape index (κ1) is 20.0. The topological polar surface area (TPSA) is 89.8 Å². The molecule has 1 N–H and O–H groups in total. The van der Waals surface area contributed by atoms with E-state index in [2.05, 4.69) is 32.0 Å². The summed E-state index contributed by atoms with van der Waals surface area (Å²) in [5, 5.41) is 12.8. The fourth-order valence-electron chi connectivity index (χ4n) is 3.32. The number of aryl methyl sites for hydroxylation is 1. The summed E-state index contributed by atoms with van der Waals surface area (Å²) < 4.78 is 2.11. The number of fused-ring (bicyclic) bond motifs is 3. The zero-order chi connectivity index (χ0) is 21.1. The van der Waals surface area contributed by atoms with E-state index in [0.717, 1.165) is 34.2 Å². The average Bonchev–Trinajstić information content (AvgIpc) is 3.09. The number of Topliss-reactive ketones (excluding diaryl/α,β-unsaturated/α-hetero) is 1. The lowest BCUT2D eigenvalue weighted by molar-refractivity contribution is -0.119. The third kappa shape index (κ3) is 4.04. The molecule has 152 valence electrons. The standard InChI is InChI=1S/C22H21N5O2S/c1-3-27-18-7-5-4-6-17(18)20-21(27)24-22(26-25-20)30-13-19(29)16-10-8-15(9-11-16)12-23-14(2)28/h4-11H,3,12-13H2,1-2H3,(H,23,28). The summed E-state index contributed by atoms with van der Waals surface area (Å²) in [7, 11) is 0. The van der Waals surface area contributed by atoms with Crippen LogP contribution in [-0.4, -0.2) is 37.2 Å². The van der Waals surface area contributed by atoms with Crippen LogP contribution in [0.1, 0.15) is 29.8 Å². The van der Waals surface area contributed by atoms with Crippen molar-refractivity contribution in [2.45, 2.75) is 32.1 Å². The Morgan fingerprint density at radius 3 is 2.57 bits per heavy atom. The number of thioether (sulfide) groups is 1. The number of nitrogens with one attached hydrogen (secondary N) is 1. The predicted molar refractivity (Wildman–Crippen MR) is 118 cm³/mol. The molecule has 0 spiro atoms. The van der Waals surface area contributed by atoms with Crippen molar-refractivity contribution < 1.29 is 9.59 Å². The quantitative estimate of drug-likeness (QED) is 0.364. The lowest BCUT2D eigenvalue weighted by atomic mass is 10.1. The first-order valence-electron chi connectivity index (χ1n) is 9.68. The van der Waals surface area contributed by atoms with Crippen molar-refractivity contribution in [1.82, 2.24) is 25.1 Å². The van der Waals surface area contributed by atoms with Crippen LogP contribution in [0.4, 0.5) is 0 Å². The minimum atomic E-state index is -0.0840. The molecule has 8 heteroatoms. The van der Waals surface area contributed by atoms with Gasteiger partial charge in [0.15, 0.2) is 11.4 Å². The highest BCUT2D eigenvalue weighted by molar-refractivity contribution is 7.99. The molecule has 0 unspecified atom stereocenters. The maximum atomic E-state index is 12.6. The van der Waals surface area contributed by atoms with Crippen LogP contribution < -0.4 is 5.32 Å². The van der Waals surface area contributed by atoms with Crippen molar-refractivity contribution in [2.75, 3.05) is 5.75 Å². The molecule has 7 nitrogen and oxygen atoms in total. The summed E-state index contributed by atoms with van der Waals surface area (Å²) in [6.45, 7) is 4.77. The monoisotopic (exact) mass is 419 g/mol. The third-order valence-electron chi connectivity index (χ3n) is 4.82. The number of hydrogen-bond donors (Lipinski definition) is 1. The van der Waals surface area contributed by atoms with E-state index in [0.29, 0.717) is 17.3 Å². The highest BCUT2D eigenvalue weighted by atomic mass is 32.2. The molecule has 0 saturated carbocycles. The normalized spacial score (nSPS) is 11.1. The van der Waals surface area contributed by atoms with E-state index in [-0.39, 0.29) is 17.4 Å². The van der Waals surface area contributed by atoms with Crippen LogP contribution in [0, 0.1) is 0 Å². The molecule has 1 amide bonds. The Bertz CT molecular complexity index is 1230. The molecule has 4 aromatic rings. The van der Waals surface area contributed by atoms with Gasteiger partial charge in [0.25, 0.3) is 0 Å². The van der Waals surface area contributed by atoms with Crippen molar-refractivity contribution in [3.05, 3.63) is 59.7 Å². The number of carbonyl (C=O) groups is 2. The van der Waals surface area contributed by atoms with E-state index in [1.807, 2.05) is 36.4 Å². The first-order chi connectivity index (χ1) is 14.6. The van der Waals surface area contributed by atoms with Crippen LogP contribution in [0.2, 0.25) is 0 Å². The molecule has 0 aliphatic carbocycles. The largest absolute Gasteiger partial charge is 0.352 e. The van der Waals surface area contributed by atoms with Gasteiger partial charge in [-0.25, -0.2) is 4.98 Å². The second kappa shape index (κ2) is 8.62. The molecule has 0 fully saturated rings. The van der Waals surface area contributed by atoms with Crippen LogP contribution in [0.5, 0.6) is 0 Å². The van der Waals surface area contributed by atoms with E-state index in [1.54, 1.807) is 12.1 Å². The fourth-order valence-corrected chi connectivity index (χ4v) is 4.00. The SMILES string of the molecule is CCn1c2ccccc2c2nnc(SCC(=O)c3ccc(CNC(C)=O)cc3)nc21. The lowest BCUT2D eigenvalue weighted by Crippen LogP contribution is -2.18. The van der Waals surface area contributed by atoms with Gasteiger partial charge in [0.2, 0.25) is 11.1 Å². The number of ketones is 1. The van der Waals surface area contributed by atoms with Crippen LogP contribution in [-0.2, 0) is 17.9 Å². The van der Waals surface area contributed by atoms with E-state index in [9.17, 15) is 9.59 Å². The molecule has 0 saturated heterocycles. The maximum absolute atomic E-state index is 12.6. The van der Waals surface area contributed by atoms with E-state index in [1.165, 1.54) is 18.7 Å². The number of rotatable bonds is 7. The molecule has 0 bridgehead atoms. The number of amides is 1. The summed E-state index contributed by atoms with van der Waals surface area (Å²) >= 11 is 1.28. The van der Waals surface area contributed by atoms with Gasteiger partial charge in [-0.2, -0.15) is 0 Å². The fraction of sp³-hybridized carbons (Fsp3) is 0.227. The minimum Gasteiger partial charge on any atom is -0.352 e. The Kier molecular flexibility index (Phi) is 5.76. The Morgan fingerprint density at radius 1 is 1.07 bits per heavy atom. The Hall–Kier alpha value is -3.26. The molecule has 0 aliphatic rings. The summed E-state index contributed by atoms with van der Waals surface area (Å²) in [6, 6.07) is 15.3. The van der Waals surface area contributed by atoms with E-state index >= 15 is 0 Å². The van der Waals surface area contributed by atoms with Crippen molar-refractivity contribution in [3.63, 3.8) is 0 Å². The van der Waals surface area contributed by atoms with Gasteiger partial charge in [-0.15, -0.1) is 10.2 Å². The number of para-hydroxylation sites is 1. The summed E-state index contributed by atoms with van der Waals surface area (Å²) in [6.07, 6.45) is 0. The zero-order valence-corrected chi connectivity index (χ0v) is 17.6. The van der Waals surface area contributed by atoms with Crippen molar-refractivity contribution in [1.29, 1.82) is 0 Å². The van der Waals surface area contributed by atoms with Crippen LogP contribution in [0.25, 0.3) is 22.1 Å². The summed E-state index contributed by atoms with van der Waals surface area (Å²) in [5.74, 6) is 0.134. The number of aromatic nitrogens is 4. The highest BCUT2D eigenvalue weighted by Gasteiger charge is 2.15. The minimum absolute atomic E-state index is 0.00851. The first-order valence-corrected chi connectivity index (χ1v) is 10.7. The molecular weight excluding hydrogens is 398 g/mol. The molecule has 2 aromatic carbocycles. The number of benzene rings is 2. The Balaban J connectivity index is 1.48. The van der Waals surface area contributed by atoms with Gasteiger partial charge in [0.05, 0.1) is 11.3 Å². The molecule has 2 heterocycles. The molecule has 30 heavy (non-hydrogen) atoms. The van der Waals surface area contributed by atoms with Gasteiger partial charge >= 0.3 is 0 Å². The predicted octanol–water partition coefficient (Wildman–Crippen LogP) is 3.61. The highest BCUT2D eigenvalue weighted by Crippen LogP contribution is 2.27. The average molecular weight is 420 g/mol. The Morgan fingerprint density at radius 2 is 1.83 bits per heavy atom. The Labute approximate surface area is 177 Å². The molecule has 4 rings (SSSR count). The van der Waals surface area contributed by atoms with Gasteiger partial charge in [-0.05, 0) is 18.6 Å². The van der Waals surface area contributed by atoms with Gasteiger partial charge < -0.3 is 9.88 Å². The van der Waals surface area contributed by atoms with Crippen LogP contribution in [0.15, 0.2) is 53.7 Å². The second-order valence-electron chi connectivity index (χ2n) is 6.85.